The van der Waals surface area contributed by atoms with E-state index in [2.05, 4.69) is 15.3 Å². The second-order valence-electron chi connectivity index (χ2n) is 7.80. The molecule has 0 aliphatic carbocycles. The molecule has 2 aromatic carbocycles. The summed E-state index contributed by atoms with van der Waals surface area (Å²) in [7, 11) is 0. The van der Waals surface area contributed by atoms with Crippen molar-refractivity contribution >= 4 is 39.1 Å². The number of aryl methyl sites for hydroxylation is 1. The molecule has 3 heterocycles. The van der Waals surface area contributed by atoms with E-state index in [1.54, 1.807) is 16.8 Å². The molecule has 158 valence electrons. The van der Waals surface area contributed by atoms with Gasteiger partial charge in [0.05, 0.1) is 27.7 Å². The first-order chi connectivity index (χ1) is 15.5. The summed E-state index contributed by atoms with van der Waals surface area (Å²) in [4.78, 5) is 22.7. The van der Waals surface area contributed by atoms with Gasteiger partial charge in [0.25, 0.3) is 5.56 Å². The van der Waals surface area contributed by atoms with E-state index in [-0.39, 0.29) is 11.6 Å². The minimum atomic E-state index is -0.196. The molecule has 1 N–H and O–H groups in total. The van der Waals surface area contributed by atoms with E-state index in [9.17, 15) is 4.79 Å². The zero-order chi connectivity index (χ0) is 22.2. The normalized spacial score (nSPS) is 12.2. The predicted molar refractivity (Wildman–Crippen MR) is 131 cm³/mol. The smallest absolute Gasteiger partial charge is 0.264 e. The lowest BCUT2D eigenvalue weighted by atomic mass is 10.1. The van der Waals surface area contributed by atoms with Crippen LogP contribution in [0.1, 0.15) is 24.4 Å². The molecule has 0 saturated heterocycles. The minimum Gasteiger partial charge on any atom is -0.375 e. The number of hydrogen-bond donors (Lipinski definition) is 1. The molecule has 32 heavy (non-hydrogen) atoms. The molecule has 6 heteroatoms. The van der Waals surface area contributed by atoms with E-state index in [0.29, 0.717) is 10.4 Å². The molecule has 0 saturated carbocycles. The summed E-state index contributed by atoms with van der Waals surface area (Å²) >= 11 is 6.42. The van der Waals surface area contributed by atoms with E-state index in [0.717, 1.165) is 39.2 Å². The molecule has 3 aromatic heterocycles. The highest BCUT2D eigenvalue weighted by molar-refractivity contribution is 6.35. The average molecular weight is 441 g/mol. The maximum Gasteiger partial charge on any atom is 0.264 e. The Balaban J connectivity index is 1.71. The van der Waals surface area contributed by atoms with Gasteiger partial charge in [-0.3, -0.25) is 19.3 Å². The van der Waals surface area contributed by atoms with Crippen molar-refractivity contribution in [2.45, 2.75) is 19.9 Å². The van der Waals surface area contributed by atoms with Crippen molar-refractivity contribution in [1.82, 2.24) is 14.5 Å². The van der Waals surface area contributed by atoms with Crippen LogP contribution in [0, 0.1) is 6.92 Å². The minimum absolute atomic E-state index is 0.142. The molecule has 1 atom stereocenters. The van der Waals surface area contributed by atoms with Crippen LogP contribution in [0.2, 0.25) is 5.02 Å². The molecule has 0 fully saturated rings. The van der Waals surface area contributed by atoms with E-state index in [1.165, 1.54) is 0 Å². The summed E-state index contributed by atoms with van der Waals surface area (Å²) in [5.41, 5.74) is 4.86. The van der Waals surface area contributed by atoms with Crippen LogP contribution in [0.3, 0.4) is 0 Å². The summed E-state index contributed by atoms with van der Waals surface area (Å²) in [6.07, 6.45) is 1.76. The van der Waals surface area contributed by atoms with Crippen molar-refractivity contribution in [2.24, 2.45) is 0 Å². The summed E-state index contributed by atoms with van der Waals surface area (Å²) in [5.74, 6) is 0. The number of benzene rings is 2. The van der Waals surface area contributed by atoms with Gasteiger partial charge in [0.1, 0.15) is 5.52 Å². The number of nitrogens with one attached hydrogen (secondary N) is 1. The third kappa shape index (κ3) is 3.51. The number of rotatable bonds is 4. The summed E-state index contributed by atoms with van der Waals surface area (Å²) in [6, 6.07) is 22.8. The number of nitrogens with zero attached hydrogens (tertiary/aromatic N) is 3. The SMILES string of the molecule is Cc1cc(N[C@@H](C)c2cc3cccc(Cl)c3c(=O)n2-c2ccccc2)c2ncccc2n1. The van der Waals surface area contributed by atoms with Gasteiger partial charge in [0.15, 0.2) is 0 Å². The first-order valence-electron chi connectivity index (χ1n) is 10.4. The number of para-hydroxylation sites is 1. The van der Waals surface area contributed by atoms with Gasteiger partial charge in [0.2, 0.25) is 0 Å². The van der Waals surface area contributed by atoms with Crippen LogP contribution in [0.5, 0.6) is 0 Å². The first kappa shape index (κ1) is 20.2. The molecule has 0 aliphatic heterocycles. The van der Waals surface area contributed by atoms with Gasteiger partial charge in [-0.1, -0.05) is 41.9 Å². The fourth-order valence-electron chi connectivity index (χ4n) is 4.11. The highest BCUT2D eigenvalue weighted by Gasteiger charge is 2.18. The second-order valence-corrected chi connectivity index (χ2v) is 8.20. The first-order valence-corrected chi connectivity index (χ1v) is 10.8. The van der Waals surface area contributed by atoms with E-state index in [4.69, 9.17) is 11.6 Å². The van der Waals surface area contributed by atoms with Crippen molar-refractivity contribution in [1.29, 1.82) is 0 Å². The highest BCUT2D eigenvalue weighted by Crippen LogP contribution is 2.29. The third-order valence-corrected chi connectivity index (χ3v) is 5.86. The van der Waals surface area contributed by atoms with Crippen LogP contribution in [0.15, 0.2) is 83.8 Å². The van der Waals surface area contributed by atoms with Crippen molar-refractivity contribution in [3.63, 3.8) is 0 Å². The molecule has 0 bridgehead atoms. The lowest BCUT2D eigenvalue weighted by Gasteiger charge is -2.22. The summed E-state index contributed by atoms with van der Waals surface area (Å²) in [5, 5.41) is 5.34. The fraction of sp³-hybridized carbons (Fsp3) is 0.115. The van der Waals surface area contributed by atoms with Crippen LogP contribution >= 0.6 is 11.6 Å². The van der Waals surface area contributed by atoms with E-state index >= 15 is 0 Å². The number of fused-ring (bicyclic) bond motifs is 2. The van der Waals surface area contributed by atoms with Crippen molar-refractivity contribution < 1.29 is 0 Å². The molecule has 5 rings (SSSR count). The molecule has 0 aliphatic rings. The van der Waals surface area contributed by atoms with Gasteiger partial charge in [-0.15, -0.1) is 0 Å². The molecular formula is C26H21ClN4O. The van der Waals surface area contributed by atoms with Gasteiger partial charge in [-0.25, -0.2) is 0 Å². The molecular weight excluding hydrogens is 420 g/mol. The Morgan fingerprint density at radius 2 is 1.81 bits per heavy atom. The Kier molecular flexibility index (Phi) is 5.11. The van der Waals surface area contributed by atoms with Crippen LogP contribution in [-0.2, 0) is 0 Å². The Morgan fingerprint density at radius 1 is 1.00 bits per heavy atom. The van der Waals surface area contributed by atoms with Gasteiger partial charge in [-0.05, 0) is 61.7 Å². The summed E-state index contributed by atoms with van der Waals surface area (Å²) in [6.45, 7) is 4.00. The highest BCUT2D eigenvalue weighted by atomic mass is 35.5. The topological polar surface area (TPSA) is 59.8 Å². The second kappa shape index (κ2) is 8.09. The number of aromatic nitrogens is 3. The molecule has 0 spiro atoms. The Bertz CT molecular complexity index is 1510. The molecule has 0 amide bonds. The average Bonchev–Trinajstić information content (AvgIpc) is 2.79. The fourth-order valence-corrected chi connectivity index (χ4v) is 4.38. The van der Waals surface area contributed by atoms with E-state index in [1.807, 2.05) is 80.6 Å². The maximum absolute atomic E-state index is 13.6. The lowest BCUT2D eigenvalue weighted by Crippen LogP contribution is -2.25. The number of anilines is 1. The van der Waals surface area contributed by atoms with Crippen LogP contribution in [0.4, 0.5) is 5.69 Å². The lowest BCUT2D eigenvalue weighted by molar-refractivity contribution is 0.778. The monoisotopic (exact) mass is 440 g/mol. The number of hydrogen-bond acceptors (Lipinski definition) is 4. The van der Waals surface area contributed by atoms with Gasteiger partial charge in [-0.2, -0.15) is 0 Å². The van der Waals surface area contributed by atoms with Gasteiger partial charge in [0, 0.05) is 23.3 Å². The number of pyridine rings is 3. The standard InChI is InChI=1S/C26H21ClN4O/c1-16-14-22(25-21(29-16)12-7-13-28-25)30-17(2)23-15-18-8-6-11-20(27)24(18)26(32)31(23)19-9-4-3-5-10-19/h3-15,17H,1-2H3,(H,29,30)/t17-/m0/s1. The zero-order valence-corrected chi connectivity index (χ0v) is 18.5. The molecule has 0 unspecified atom stereocenters. The zero-order valence-electron chi connectivity index (χ0n) is 17.7. The quantitative estimate of drug-likeness (QED) is 0.368. The van der Waals surface area contributed by atoms with Crippen molar-refractivity contribution in [2.75, 3.05) is 5.32 Å². The Labute approximate surface area is 190 Å². The van der Waals surface area contributed by atoms with Gasteiger partial charge < -0.3 is 5.32 Å². The number of halogens is 1. The van der Waals surface area contributed by atoms with E-state index < -0.39 is 0 Å². The maximum atomic E-state index is 13.6. The van der Waals surface area contributed by atoms with Gasteiger partial charge >= 0.3 is 0 Å². The Morgan fingerprint density at radius 3 is 2.62 bits per heavy atom. The third-order valence-electron chi connectivity index (χ3n) is 5.55. The van der Waals surface area contributed by atoms with Crippen LogP contribution in [0.25, 0.3) is 27.5 Å². The molecule has 5 nitrogen and oxygen atoms in total. The molecule has 5 aromatic rings. The van der Waals surface area contributed by atoms with Crippen molar-refractivity contribution in [3.8, 4) is 5.69 Å². The van der Waals surface area contributed by atoms with Crippen LogP contribution in [-0.4, -0.2) is 14.5 Å². The van der Waals surface area contributed by atoms with Crippen LogP contribution < -0.4 is 10.9 Å². The van der Waals surface area contributed by atoms with Crippen molar-refractivity contribution in [3.05, 3.63) is 106 Å². The molecule has 0 radical (unpaired) electrons. The predicted octanol–water partition coefficient (Wildman–Crippen LogP) is 6.07. The summed E-state index contributed by atoms with van der Waals surface area (Å²) < 4.78 is 1.73. The largest absolute Gasteiger partial charge is 0.375 e. The Hall–Kier alpha value is -3.70.